The van der Waals surface area contributed by atoms with Crippen LogP contribution >= 0.6 is 15.9 Å². The van der Waals surface area contributed by atoms with Gasteiger partial charge in [-0.05, 0) is 31.0 Å². The van der Waals surface area contributed by atoms with Crippen LogP contribution in [0.2, 0.25) is 0 Å². The highest BCUT2D eigenvalue weighted by Gasteiger charge is 2.15. The van der Waals surface area contributed by atoms with Gasteiger partial charge in [0.2, 0.25) is 0 Å². The summed E-state index contributed by atoms with van der Waals surface area (Å²) in [6.45, 7) is 0. The highest BCUT2D eigenvalue weighted by molar-refractivity contribution is 9.10. The Morgan fingerprint density at radius 1 is 1.50 bits per heavy atom. The quantitative estimate of drug-likeness (QED) is 0.614. The lowest BCUT2D eigenvalue weighted by Crippen LogP contribution is -2.29. The molecule has 1 aromatic carbocycles. The van der Waals surface area contributed by atoms with Gasteiger partial charge in [-0.25, -0.2) is 12.8 Å². The molecular formula is C11H16BrFN2O2S. The third kappa shape index (κ3) is 5.01. The number of halogens is 2. The first-order chi connectivity index (χ1) is 8.33. The number of rotatable bonds is 6. The first-order valence-corrected chi connectivity index (χ1v) is 8.27. The van der Waals surface area contributed by atoms with Gasteiger partial charge in [0.25, 0.3) is 0 Å². The Morgan fingerprint density at radius 2 is 2.17 bits per heavy atom. The van der Waals surface area contributed by atoms with Gasteiger partial charge in [-0.1, -0.05) is 15.9 Å². The largest absolute Gasteiger partial charge is 0.271 e. The standard InChI is InChI=1S/C11H16BrFN2O2S/c1-18(16,17)6-2-3-11(15-14)9-7-8(12)4-5-10(9)13/h4-5,7,11,15H,2-3,6,14H2,1H3. The first kappa shape index (κ1) is 15.6. The van der Waals surface area contributed by atoms with Crippen molar-refractivity contribution in [3.63, 3.8) is 0 Å². The lowest BCUT2D eigenvalue weighted by Gasteiger charge is -2.17. The molecule has 1 unspecified atom stereocenters. The molecule has 3 N–H and O–H groups in total. The molecule has 0 aliphatic carbocycles. The zero-order valence-corrected chi connectivity index (χ0v) is 12.4. The van der Waals surface area contributed by atoms with Crippen molar-refractivity contribution < 1.29 is 12.8 Å². The predicted octanol–water partition coefficient (Wildman–Crippen LogP) is 1.92. The summed E-state index contributed by atoms with van der Waals surface area (Å²) in [6.07, 6.45) is 2.06. The van der Waals surface area contributed by atoms with E-state index in [1.807, 2.05) is 0 Å². The molecule has 0 heterocycles. The second-order valence-corrected chi connectivity index (χ2v) is 7.33. The van der Waals surface area contributed by atoms with Crippen molar-refractivity contribution in [2.45, 2.75) is 18.9 Å². The van der Waals surface area contributed by atoms with Gasteiger partial charge in [0.05, 0.1) is 0 Å². The normalized spacial score (nSPS) is 13.6. The molecule has 1 atom stereocenters. The molecule has 102 valence electrons. The average Bonchev–Trinajstić information content (AvgIpc) is 2.27. The van der Waals surface area contributed by atoms with Crippen molar-refractivity contribution in [1.82, 2.24) is 5.43 Å². The number of hydrazine groups is 1. The molecule has 0 fully saturated rings. The summed E-state index contributed by atoms with van der Waals surface area (Å²) in [5.41, 5.74) is 2.95. The summed E-state index contributed by atoms with van der Waals surface area (Å²) in [6, 6.07) is 4.19. The van der Waals surface area contributed by atoms with E-state index >= 15 is 0 Å². The smallest absolute Gasteiger partial charge is 0.147 e. The molecule has 4 nitrogen and oxygen atoms in total. The molecule has 1 rings (SSSR count). The second kappa shape index (κ2) is 6.60. The van der Waals surface area contributed by atoms with Crippen LogP contribution in [0, 0.1) is 5.82 Å². The maximum Gasteiger partial charge on any atom is 0.147 e. The average molecular weight is 339 g/mol. The van der Waals surface area contributed by atoms with Crippen LogP contribution in [-0.4, -0.2) is 20.4 Å². The fraction of sp³-hybridized carbons (Fsp3) is 0.455. The number of hydrogen-bond donors (Lipinski definition) is 2. The van der Waals surface area contributed by atoms with Gasteiger partial charge in [0, 0.05) is 28.1 Å². The topological polar surface area (TPSA) is 72.2 Å². The molecule has 0 saturated carbocycles. The number of sulfone groups is 1. The summed E-state index contributed by atoms with van der Waals surface area (Å²) < 4.78 is 36.4. The molecule has 18 heavy (non-hydrogen) atoms. The lowest BCUT2D eigenvalue weighted by molar-refractivity contribution is 0.479. The molecule has 0 radical (unpaired) electrons. The van der Waals surface area contributed by atoms with Crippen molar-refractivity contribution >= 4 is 25.8 Å². The SMILES string of the molecule is CS(=O)(=O)CCCC(NN)c1cc(Br)ccc1F. The molecule has 0 aliphatic rings. The fourth-order valence-electron chi connectivity index (χ4n) is 1.66. The number of nitrogens with two attached hydrogens (primary N) is 1. The maximum atomic E-state index is 13.6. The maximum absolute atomic E-state index is 13.6. The monoisotopic (exact) mass is 338 g/mol. The van der Waals surface area contributed by atoms with E-state index in [0.29, 0.717) is 18.4 Å². The van der Waals surface area contributed by atoms with Crippen molar-refractivity contribution in [3.05, 3.63) is 34.1 Å². The number of benzene rings is 1. The Labute approximate surface area is 115 Å². The molecule has 7 heteroatoms. The van der Waals surface area contributed by atoms with E-state index in [2.05, 4.69) is 21.4 Å². The van der Waals surface area contributed by atoms with E-state index in [0.717, 1.165) is 4.47 Å². The predicted molar refractivity (Wildman–Crippen MR) is 73.1 cm³/mol. The summed E-state index contributed by atoms with van der Waals surface area (Å²) in [5, 5.41) is 0. The minimum Gasteiger partial charge on any atom is -0.271 e. The van der Waals surface area contributed by atoms with E-state index in [1.54, 1.807) is 12.1 Å². The fourth-order valence-corrected chi connectivity index (χ4v) is 2.73. The van der Waals surface area contributed by atoms with E-state index in [9.17, 15) is 12.8 Å². The summed E-state index contributed by atoms with van der Waals surface area (Å²) in [4.78, 5) is 0. The molecule has 0 bridgehead atoms. The third-order valence-electron chi connectivity index (χ3n) is 2.54. The van der Waals surface area contributed by atoms with Gasteiger partial charge in [-0.15, -0.1) is 0 Å². The highest BCUT2D eigenvalue weighted by atomic mass is 79.9. The van der Waals surface area contributed by atoms with Crippen molar-refractivity contribution in [3.8, 4) is 0 Å². The van der Waals surface area contributed by atoms with Crippen LogP contribution in [0.3, 0.4) is 0 Å². The minimum atomic E-state index is -3.00. The van der Waals surface area contributed by atoms with Crippen LogP contribution in [0.5, 0.6) is 0 Å². The molecule has 0 amide bonds. The van der Waals surface area contributed by atoms with Gasteiger partial charge in [0.15, 0.2) is 0 Å². The van der Waals surface area contributed by atoms with E-state index in [-0.39, 0.29) is 11.6 Å². The summed E-state index contributed by atoms with van der Waals surface area (Å²) >= 11 is 3.26. The van der Waals surface area contributed by atoms with E-state index in [1.165, 1.54) is 12.3 Å². The third-order valence-corrected chi connectivity index (χ3v) is 4.07. The zero-order valence-electron chi connectivity index (χ0n) is 9.99. The number of nitrogens with one attached hydrogen (secondary N) is 1. The van der Waals surface area contributed by atoms with Gasteiger partial charge >= 0.3 is 0 Å². The molecule has 0 saturated heterocycles. The van der Waals surface area contributed by atoms with Crippen LogP contribution in [0.25, 0.3) is 0 Å². The summed E-state index contributed by atoms with van der Waals surface area (Å²) in [5.74, 6) is 5.10. The van der Waals surface area contributed by atoms with Gasteiger partial charge in [-0.3, -0.25) is 11.3 Å². The molecule has 0 aromatic heterocycles. The van der Waals surface area contributed by atoms with Crippen LogP contribution in [0.4, 0.5) is 4.39 Å². The van der Waals surface area contributed by atoms with Crippen LogP contribution in [0.15, 0.2) is 22.7 Å². The molecular weight excluding hydrogens is 323 g/mol. The van der Waals surface area contributed by atoms with Crippen molar-refractivity contribution in [1.29, 1.82) is 0 Å². The molecule has 0 aliphatic heterocycles. The zero-order chi connectivity index (χ0) is 13.8. The van der Waals surface area contributed by atoms with E-state index < -0.39 is 15.9 Å². The van der Waals surface area contributed by atoms with Gasteiger partial charge in [-0.2, -0.15) is 0 Å². The van der Waals surface area contributed by atoms with Crippen LogP contribution in [-0.2, 0) is 9.84 Å². The molecule has 0 spiro atoms. The molecule has 1 aromatic rings. The van der Waals surface area contributed by atoms with Crippen LogP contribution in [0.1, 0.15) is 24.4 Å². The Morgan fingerprint density at radius 3 is 2.72 bits per heavy atom. The Balaban J connectivity index is 2.74. The van der Waals surface area contributed by atoms with Crippen LogP contribution < -0.4 is 11.3 Å². The Bertz CT molecular complexity index is 508. The first-order valence-electron chi connectivity index (χ1n) is 5.42. The number of hydrogen-bond acceptors (Lipinski definition) is 4. The highest BCUT2D eigenvalue weighted by Crippen LogP contribution is 2.24. The Hall–Kier alpha value is -0.500. The van der Waals surface area contributed by atoms with E-state index in [4.69, 9.17) is 5.84 Å². The summed E-state index contributed by atoms with van der Waals surface area (Å²) in [7, 11) is -3.00. The lowest BCUT2D eigenvalue weighted by atomic mass is 10.0. The Kier molecular flexibility index (Phi) is 5.71. The second-order valence-electron chi connectivity index (χ2n) is 4.16. The van der Waals surface area contributed by atoms with Crippen molar-refractivity contribution in [2.75, 3.05) is 12.0 Å². The van der Waals surface area contributed by atoms with Gasteiger partial charge < -0.3 is 0 Å². The minimum absolute atomic E-state index is 0.0702. The van der Waals surface area contributed by atoms with Crippen molar-refractivity contribution in [2.24, 2.45) is 5.84 Å². The van der Waals surface area contributed by atoms with Gasteiger partial charge in [0.1, 0.15) is 15.7 Å².